The van der Waals surface area contributed by atoms with Crippen molar-refractivity contribution in [3.05, 3.63) is 77.0 Å². The first-order valence-electron chi connectivity index (χ1n) is 13.3. The average Bonchev–Trinajstić information content (AvgIpc) is 2.95. The molecule has 2 aromatic carbocycles. The number of carboxylic acid groups (broad SMARTS) is 1. The van der Waals surface area contributed by atoms with Crippen LogP contribution in [0.5, 0.6) is 5.88 Å². The number of hydrogen-bond donors (Lipinski definition) is 5. The third kappa shape index (κ3) is 8.84. The van der Waals surface area contributed by atoms with Gasteiger partial charge in [0.05, 0.1) is 25.5 Å². The van der Waals surface area contributed by atoms with Crippen LogP contribution in [0.3, 0.4) is 0 Å². The summed E-state index contributed by atoms with van der Waals surface area (Å²) in [5.74, 6) is -2.58. The second kappa shape index (κ2) is 13.7. The van der Waals surface area contributed by atoms with Crippen LogP contribution in [0, 0.1) is 10.8 Å². The molecule has 0 saturated carbocycles. The topological polar surface area (TPSA) is 211 Å². The van der Waals surface area contributed by atoms with Crippen molar-refractivity contribution in [3.63, 3.8) is 0 Å². The van der Waals surface area contributed by atoms with Crippen LogP contribution in [0.25, 0.3) is 11.1 Å². The highest BCUT2D eigenvalue weighted by Crippen LogP contribution is 2.30. The monoisotopic (exact) mass is 625 g/mol. The predicted molar refractivity (Wildman–Crippen MR) is 165 cm³/mol. The summed E-state index contributed by atoms with van der Waals surface area (Å²) in [6.45, 7) is 5.46. The molecule has 0 spiro atoms. The lowest BCUT2D eigenvalue weighted by molar-refractivity contribution is 0.0697. The minimum absolute atomic E-state index is 0.0439. The maximum atomic E-state index is 13.4. The highest BCUT2D eigenvalue weighted by Gasteiger charge is 2.28. The molecule has 3 rings (SSSR count). The van der Waals surface area contributed by atoms with Gasteiger partial charge in [0, 0.05) is 34.5 Å². The van der Waals surface area contributed by atoms with Crippen molar-refractivity contribution in [2.45, 2.75) is 33.2 Å². The van der Waals surface area contributed by atoms with Gasteiger partial charge in [0.15, 0.2) is 0 Å². The molecule has 14 heteroatoms. The summed E-state index contributed by atoms with van der Waals surface area (Å²) in [5, 5.41) is 23.2. The molecule has 0 bridgehead atoms. The van der Waals surface area contributed by atoms with Gasteiger partial charge >= 0.3 is 5.97 Å². The van der Waals surface area contributed by atoms with E-state index in [2.05, 4.69) is 15.6 Å². The lowest BCUT2D eigenvalue weighted by atomic mass is 9.84. The highest BCUT2D eigenvalue weighted by molar-refractivity contribution is 7.85. The van der Waals surface area contributed by atoms with Crippen LogP contribution in [0.4, 0.5) is 5.69 Å². The smallest absolute Gasteiger partial charge is 0.336 e. The number of aromatic carboxylic acids is 1. The SMILES string of the molecule is COc1ccc(-c2ccc(C(=O)N[C@@H](CCOS(C)(=O)=O)C(C)(C)C)cc2C(=O)O)c(C(=O)Nc2ccc(C(=N)N)cc2)n1. The van der Waals surface area contributed by atoms with E-state index in [-0.39, 0.29) is 52.7 Å². The maximum absolute atomic E-state index is 13.4. The lowest BCUT2D eigenvalue weighted by Gasteiger charge is -2.31. The van der Waals surface area contributed by atoms with E-state index in [9.17, 15) is 27.9 Å². The zero-order valence-corrected chi connectivity index (χ0v) is 25.7. The first-order chi connectivity index (χ1) is 20.5. The van der Waals surface area contributed by atoms with Crippen molar-refractivity contribution in [1.82, 2.24) is 10.3 Å². The van der Waals surface area contributed by atoms with Crippen LogP contribution in [0.15, 0.2) is 54.6 Å². The largest absolute Gasteiger partial charge is 0.481 e. The van der Waals surface area contributed by atoms with Gasteiger partial charge in [-0.15, -0.1) is 0 Å². The molecule has 0 aliphatic carbocycles. The molecular weight excluding hydrogens is 590 g/mol. The number of carbonyl (C=O) groups is 3. The van der Waals surface area contributed by atoms with E-state index in [0.717, 1.165) is 6.26 Å². The second-order valence-electron chi connectivity index (χ2n) is 11.0. The van der Waals surface area contributed by atoms with Crippen LogP contribution in [-0.4, -0.2) is 68.1 Å². The van der Waals surface area contributed by atoms with Gasteiger partial charge in [0.1, 0.15) is 11.5 Å². The molecule has 0 aliphatic rings. The summed E-state index contributed by atoms with van der Waals surface area (Å²) in [5.41, 5.74) is 5.84. The molecule has 1 heterocycles. The van der Waals surface area contributed by atoms with E-state index in [1.807, 2.05) is 20.8 Å². The Morgan fingerprint density at radius 2 is 1.61 bits per heavy atom. The van der Waals surface area contributed by atoms with Crippen LogP contribution in [0.1, 0.15) is 64.0 Å². The van der Waals surface area contributed by atoms with E-state index in [1.165, 1.54) is 37.4 Å². The normalized spacial score (nSPS) is 12.2. The molecule has 44 heavy (non-hydrogen) atoms. The number of pyridine rings is 1. The Kier molecular flexibility index (Phi) is 10.4. The Bertz CT molecular complexity index is 1680. The molecule has 13 nitrogen and oxygen atoms in total. The number of nitrogens with two attached hydrogens (primary N) is 1. The molecule has 1 atom stereocenters. The van der Waals surface area contributed by atoms with E-state index < -0.39 is 39.4 Å². The van der Waals surface area contributed by atoms with Crippen molar-refractivity contribution in [3.8, 4) is 17.0 Å². The summed E-state index contributed by atoms with van der Waals surface area (Å²) >= 11 is 0. The summed E-state index contributed by atoms with van der Waals surface area (Å²) in [6, 6.07) is 12.8. The molecule has 1 aromatic heterocycles. The molecule has 0 aliphatic heterocycles. The Morgan fingerprint density at radius 1 is 1.00 bits per heavy atom. The van der Waals surface area contributed by atoms with Crippen molar-refractivity contribution in [2.24, 2.45) is 11.1 Å². The number of nitrogens with zero attached hydrogens (tertiary/aromatic N) is 1. The van der Waals surface area contributed by atoms with Crippen LogP contribution < -0.4 is 21.1 Å². The van der Waals surface area contributed by atoms with E-state index in [4.69, 9.17) is 20.1 Å². The molecule has 0 radical (unpaired) electrons. The van der Waals surface area contributed by atoms with Gasteiger partial charge in [-0.25, -0.2) is 9.78 Å². The molecular formula is C30H35N5O8S. The quantitative estimate of drug-likeness (QED) is 0.112. The number of anilines is 1. The van der Waals surface area contributed by atoms with Gasteiger partial charge in [-0.3, -0.25) is 19.2 Å². The van der Waals surface area contributed by atoms with Crippen molar-refractivity contribution >= 4 is 39.4 Å². The minimum Gasteiger partial charge on any atom is -0.481 e. The number of amidine groups is 1. The van der Waals surface area contributed by atoms with Crippen LogP contribution in [0.2, 0.25) is 0 Å². The van der Waals surface area contributed by atoms with Gasteiger partial charge in [-0.2, -0.15) is 8.42 Å². The average molecular weight is 626 g/mol. The predicted octanol–water partition coefficient (Wildman–Crippen LogP) is 3.50. The number of nitrogen functional groups attached to an aromatic ring is 1. The Hall–Kier alpha value is -4.82. The second-order valence-corrected chi connectivity index (χ2v) is 12.6. The van der Waals surface area contributed by atoms with Crippen molar-refractivity contribution in [2.75, 3.05) is 25.3 Å². The van der Waals surface area contributed by atoms with E-state index in [0.29, 0.717) is 11.3 Å². The van der Waals surface area contributed by atoms with Gasteiger partial charge in [-0.1, -0.05) is 26.8 Å². The summed E-state index contributed by atoms with van der Waals surface area (Å²) < 4.78 is 32.8. The van der Waals surface area contributed by atoms with Gasteiger partial charge < -0.3 is 26.2 Å². The summed E-state index contributed by atoms with van der Waals surface area (Å²) in [7, 11) is -2.29. The number of nitrogens with one attached hydrogen (secondary N) is 3. The highest BCUT2D eigenvalue weighted by atomic mass is 32.2. The lowest BCUT2D eigenvalue weighted by Crippen LogP contribution is -2.44. The third-order valence-electron chi connectivity index (χ3n) is 6.60. The molecule has 3 aromatic rings. The van der Waals surface area contributed by atoms with E-state index >= 15 is 0 Å². The zero-order chi connectivity index (χ0) is 32.8. The maximum Gasteiger partial charge on any atom is 0.336 e. The fourth-order valence-electron chi connectivity index (χ4n) is 4.25. The summed E-state index contributed by atoms with van der Waals surface area (Å²) in [4.78, 5) is 43.2. The fraction of sp³-hybridized carbons (Fsp3) is 0.300. The van der Waals surface area contributed by atoms with Gasteiger partial charge in [0.2, 0.25) is 5.88 Å². The number of methoxy groups -OCH3 is 1. The Balaban J connectivity index is 1.96. The zero-order valence-electron chi connectivity index (χ0n) is 24.9. The fourth-order valence-corrected chi connectivity index (χ4v) is 4.65. The molecule has 0 unspecified atom stereocenters. The van der Waals surface area contributed by atoms with Crippen molar-refractivity contribution < 1.29 is 36.8 Å². The number of ether oxygens (including phenoxy) is 1. The van der Waals surface area contributed by atoms with Crippen LogP contribution in [-0.2, 0) is 14.3 Å². The molecule has 6 N–H and O–H groups in total. The number of amides is 2. The molecule has 0 fully saturated rings. The number of carbonyl (C=O) groups excluding carboxylic acids is 2. The number of aromatic nitrogens is 1. The molecule has 0 saturated heterocycles. The molecule has 234 valence electrons. The Labute approximate surface area is 255 Å². The minimum atomic E-state index is -3.66. The number of benzene rings is 2. The number of rotatable bonds is 12. The molecule has 2 amide bonds. The van der Waals surface area contributed by atoms with E-state index in [1.54, 1.807) is 24.3 Å². The van der Waals surface area contributed by atoms with Gasteiger partial charge in [-0.05, 0) is 59.9 Å². The standard InChI is InChI=1S/C30H35N5O8S/c1-30(2,3)23(14-15-43-44(5,40)41)34-27(36)18-8-11-20(22(16-18)29(38)39)21-12-13-24(42-4)35-25(21)28(37)33-19-9-6-17(7-10-19)26(31)32/h6-13,16,23H,14-15H2,1-5H3,(H3,31,32)(H,33,37)(H,34,36)(H,38,39)/t23-/m0/s1. The number of hydrogen-bond acceptors (Lipinski definition) is 9. The van der Waals surface area contributed by atoms with Gasteiger partial charge in [0.25, 0.3) is 21.9 Å². The Morgan fingerprint density at radius 3 is 2.16 bits per heavy atom. The van der Waals surface area contributed by atoms with Crippen molar-refractivity contribution in [1.29, 1.82) is 5.41 Å². The first-order valence-corrected chi connectivity index (χ1v) is 15.2. The number of carboxylic acids is 1. The first kappa shape index (κ1) is 33.7. The third-order valence-corrected chi connectivity index (χ3v) is 7.20. The van der Waals surface area contributed by atoms with Crippen LogP contribution >= 0.6 is 0 Å². The summed E-state index contributed by atoms with van der Waals surface area (Å²) in [6.07, 6.45) is 1.13.